The van der Waals surface area contributed by atoms with Crippen molar-refractivity contribution in [1.29, 1.82) is 0 Å². The highest BCUT2D eigenvalue weighted by Gasteiger charge is 2.08. The highest BCUT2D eigenvalue weighted by Crippen LogP contribution is 2.06. The zero-order chi connectivity index (χ0) is 9.97. The lowest BCUT2D eigenvalue weighted by Gasteiger charge is -2.02. The zero-order valence-corrected chi connectivity index (χ0v) is 7.25. The molecule has 0 saturated carbocycles. The fourth-order valence-electron chi connectivity index (χ4n) is 1.25. The summed E-state index contributed by atoms with van der Waals surface area (Å²) in [6.07, 6.45) is 4.76. The fourth-order valence-corrected chi connectivity index (χ4v) is 1.25. The Morgan fingerprint density at radius 3 is 3.14 bits per heavy atom. The van der Waals surface area contributed by atoms with Crippen LogP contribution in [0.25, 0.3) is 0 Å². The van der Waals surface area contributed by atoms with Crippen LogP contribution in [0.2, 0.25) is 0 Å². The van der Waals surface area contributed by atoms with Crippen molar-refractivity contribution >= 4 is 5.97 Å². The molecule has 5 nitrogen and oxygen atoms in total. The molecular formula is C9H8N2O3. The summed E-state index contributed by atoms with van der Waals surface area (Å²) in [4.78, 5) is 10.8. The molecule has 0 aromatic carbocycles. The lowest BCUT2D eigenvalue weighted by Crippen LogP contribution is -2.07. The van der Waals surface area contributed by atoms with Crippen LogP contribution in [-0.2, 0) is 6.54 Å². The predicted molar refractivity (Wildman–Crippen MR) is 47.0 cm³/mol. The van der Waals surface area contributed by atoms with Crippen molar-refractivity contribution in [3.05, 3.63) is 42.0 Å². The molecule has 0 aliphatic rings. The van der Waals surface area contributed by atoms with Crippen LogP contribution in [0.5, 0.6) is 0 Å². The molecule has 2 heterocycles. The van der Waals surface area contributed by atoms with Gasteiger partial charge in [-0.3, -0.25) is 0 Å². The average molecular weight is 192 g/mol. The topological polar surface area (TPSA) is 68.3 Å². The third kappa shape index (κ3) is 1.52. The van der Waals surface area contributed by atoms with E-state index in [0.29, 0.717) is 6.54 Å². The average Bonchev–Trinajstić information content (AvgIpc) is 2.75. The maximum Gasteiger partial charge on any atom is 0.352 e. The van der Waals surface area contributed by atoms with Crippen molar-refractivity contribution in [2.24, 2.45) is 0 Å². The third-order valence-electron chi connectivity index (χ3n) is 1.89. The number of rotatable bonds is 3. The van der Waals surface area contributed by atoms with E-state index in [2.05, 4.69) is 9.68 Å². The first-order valence-electron chi connectivity index (χ1n) is 4.04. The molecule has 5 heteroatoms. The Labute approximate surface area is 79.6 Å². The highest BCUT2D eigenvalue weighted by molar-refractivity contribution is 5.85. The molecule has 0 unspecified atom stereocenters. The van der Waals surface area contributed by atoms with Crippen molar-refractivity contribution in [3.63, 3.8) is 0 Å². The van der Waals surface area contributed by atoms with Gasteiger partial charge >= 0.3 is 5.97 Å². The Bertz CT molecular complexity index is 431. The van der Waals surface area contributed by atoms with Gasteiger partial charge in [-0.15, -0.1) is 0 Å². The number of carboxylic acid groups (broad SMARTS) is 1. The zero-order valence-electron chi connectivity index (χ0n) is 7.25. The Balaban J connectivity index is 2.25. The Morgan fingerprint density at radius 1 is 1.64 bits per heavy atom. The van der Waals surface area contributed by atoms with Gasteiger partial charge in [0.2, 0.25) is 0 Å². The van der Waals surface area contributed by atoms with E-state index < -0.39 is 5.97 Å². The summed E-state index contributed by atoms with van der Waals surface area (Å²) in [6, 6.07) is 3.24. The van der Waals surface area contributed by atoms with E-state index in [1.54, 1.807) is 29.1 Å². The second-order valence-corrected chi connectivity index (χ2v) is 2.86. The quantitative estimate of drug-likeness (QED) is 0.793. The summed E-state index contributed by atoms with van der Waals surface area (Å²) in [5.41, 5.74) is 1.09. The summed E-state index contributed by atoms with van der Waals surface area (Å²) in [5, 5.41) is 12.4. The highest BCUT2D eigenvalue weighted by atomic mass is 16.5. The molecule has 0 atom stereocenters. The molecule has 0 spiro atoms. The second-order valence-electron chi connectivity index (χ2n) is 2.86. The van der Waals surface area contributed by atoms with Crippen molar-refractivity contribution in [1.82, 2.24) is 9.72 Å². The Kier molecular flexibility index (Phi) is 2.06. The lowest BCUT2D eigenvalue weighted by molar-refractivity contribution is 0.0685. The molecule has 0 aliphatic carbocycles. The smallest absolute Gasteiger partial charge is 0.352 e. The maximum absolute atomic E-state index is 10.8. The van der Waals surface area contributed by atoms with Crippen LogP contribution in [0.15, 0.2) is 35.3 Å². The Morgan fingerprint density at radius 2 is 2.50 bits per heavy atom. The van der Waals surface area contributed by atoms with E-state index in [0.717, 1.165) is 5.56 Å². The standard InChI is InChI=1S/C9H8N2O3/c12-9(13)8-2-1-3-11(8)5-7-4-10-14-6-7/h1-4,6H,5H2,(H,12,13). The van der Waals surface area contributed by atoms with Gasteiger partial charge in [0.05, 0.1) is 12.7 Å². The van der Waals surface area contributed by atoms with Crippen molar-refractivity contribution in [3.8, 4) is 0 Å². The van der Waals surface area contributed by atoms with E-state index in [-0.39, 0.29) is 5.69 Å². The van der Waals surface area contributed by atoms with E-state index >= 15 is 0 Å². The molecule has 2 aromatic heterocycles. The van der Waals surface area contributed by atoms with E-state index in [1.165, 1.54) is 6.26 Å². The summed E-state index contributed by atoms with van der Waals surface area (Å²) in [5.74, 6) is -0.938. The monoisotopic (exact) mass is 192 g/mol. The van der Waals surface area contributed by atoms with E-state index in [9.17, 15) is 4.79 Å². The summed E-state index contributed by atoms with van der Waals surface area (Å²) >= 11 is 0. The molecule has 0 fully saturated rings. The first-order valence-corrected chi connectivity index (χ1v) is 4.04. The van der Waals surface area contributed by atoms with Crippen molar-refractivity contribution < 1.29 is 14.4 Å². The molecule has 0 bridgehead atoms. The normalized spacial score (nSPS) is 10.3. The van der Waals surface area contributed by atoms with Crippen molar-refractivity contribution in [2.45, 2.75) is 6.54 Å². The minimum Gasteiger partial charge on any atom is -0.477 e. The van der Waals surface area contributed by atoms with Crippen LogP contribution < -0.4 is 0 Å². The maximum atomic E-state index is 10.8. The number of carbonyl (C=O) groups is 1. The van der Waals surface area contributed by atoms with Crippen LogP contribution in [-0.4, -0.2) is 20.8 Å². The second kappa shape index (κ2) is 3.37. The SMILES string of the molecule is O=C(O)c1cccn1Cc1cnoc1. The minimum absolute atomic E-state index is 0.256. The van der Waals surface area contributed by atoms with Gasteiger partial charge in [-0.25, -0.2) is 4.79 Å². The molecule has 1 N–H and O–H groups in total. The fraction of sp³-hybridized carbons (Fsp3) is 0.111. The molecule has 2 rings (SSSR count). The van der Waals surface area contributed by atoms with Gasteiger partial charge in [-0.05, 0) is 12.1 Å². The Hall–Kier alpha value is -2.04. The van der Waals surface area contributed by atoms with Crippen LogP contribution in [0.1, 0.15) is 16.1 Å². The van der Waals surface area contributed by atoms with Gasteiger partial charge in [-0.2, -0.15) is 0 Å². The third-order valence-corrected chi connectivity index (χ3v) is 1.89. The molecular weight excluding hydrogens is 184 g/mol. The molecule has 0 amide bonds. The van der Waals surface area contributed by atoms with Gasteiger partial charge in [0.25, 0.3) is 0 Å². The minimum atomic E-state index is -0.938. The number of aromatic carboxylic acids is 1. The van der Waals surface area contributed by atoms with Gasteiger partial charge in [0, 0.05) is 11.8 Å². The largest absolute Gasteiger partial charge is 0.477 e. The number of hydrogen-bond acceptors (Lipinski definition) is 3. The summed E-state index contributed by atoms with van der Waals surface area (Å²) in [7, 11) is 0. The molecule has 0 saturated heterocycles. The molecule has 2 aromatic rings. The van der Waals surface area contributed by atoms with E-state index in [4.69, 9.17) is 5.11 Å². The predicted octanol–water partition coefficient (Wildman–Crippen LogP) is 1.22. The van der Waals surface area contributed by atoms with Crippen LogP contribution in [0.4, 0.5) is 0 Å². The first-order chi connectivity index (χ1) is 6.77. The lowest BCUT2D eigenvalue weighted by atomic mass is 10.3. The molecule has 72 valence electrons. The van der Waals surface area contributed by atoms with Gasteiger partial charge in [0.15, 0.2) is 0 Å². The summed E-state index contributed by atoms with van der Waals surface area (Å²) in [6.45, 7) is 0.456. The molecule has 0 aliphatic heterocycles. The first kappa shape index (κ1) is 8.55. The van der Waals surface area contributed by atoms with Gasteiger partial charge in [0.1, 0.15) is 12.0 Å². The molecule has 14 heavy (non-hydrogen) atoms. The number of carboxylic acids is 1. The molecule has 0 radical (unpaired) electrons. The number of nitrogens with zero attached hydrogens (tertiary/aromatic N) is 2. The number of hydrogen-bond donors (Lipinski definition) is 1. The summed E-state index contributed by atoms with van der Waals surface area (Å²) < 4.78 is 6.27. The van der Waals surface area contributed by atoms with Crippen LogP contribution in [0, 0.1) is 0 Å². The number of aromatic nitrogens is 2. The van der Waals surface area contributed by atoms with Crippen molar-refractivity contribution in [2.75, 3.05) is 0 Å². The van der Waals surface area contributed by atoms with Gasteiger partial charge < -0.3 is 14.2 Å². The van der Waals surface area contributed by atoms with E-state index in [1.807, 2.05) is 0 Å². The van der Waals surface area contributed by atoms with Crippen LogP contribution >= 0.6 is 0 Å². The van der Waals surface area contributed by atoms with Gasteiger partial charge in [-0.1, -0.05) is 5.16 Å². The van der Waals surface area contributed by atoms with Crippen LogP contribution in [0.3, 0.4) is 0 Å².